The van der Waals surface area contributed by atoms with Crippen molar-refractivity contribution in [2.45, 2.75) is 31.2 Å². The summed E-state index contributed by atoms with van der Waals surface area (Å²) in [4.78, 5) is 13.2. The number of methoxy groups -OCH3 is 1. The normalized spacial score (nSPS) is 12.3. The number of nitrogens with zero attached hydrogens (tertiary/aromatic N) is 1. The van der Waals surface area contributed by atoms with Crippen LogP contribution in [-0.4, -0.2) is 28.0 Å². The Hall–Kier alpha value is -3.10. The molecule has 35 heavy (non-hydrogen) atoms. The molecule has 0 aliphatic heterocycles. The summed E-state index contributed by atoms with van der Waals surface area (Å²) in [5.74, 6) is -0.237. The number of anilines is 1. The molecule has 1 atom stereocenters. The highest BCUT2D eigenvalue weighted by Gasteiger charge is 2.28. The van der Waals surface area contributed by atoms with Crippen molar-refractivity contribution in [1.29, 1.82) is 0 Å². The fourth-order valence-corrected chi connectivity index (χ4v) is 5.24. The molecule has 1 amide bonds. The first-order valence-corrected chi connectivity index (χ1v) is 12.9. The Morgan fingerprint density at radius 3 is 2.29 bits per heavy atom. The van der Waals surface area contributed by atoms with Gasteiger partial charge >= 0.3 is 0 Å². The van der Waals surface area contributed by atoms with Gasteiger partial charge in [-0.1, -0.05) is 55.8 Å². The molecule has 0 spiro atoms. The van der Waals surface area contributed by atoms with Crippen LogP contribution in [0.15, 0.2) is 77.7 Å². The number of rotatable bonds is 10. The van der Waals surface area contributed by atoms with Crippen molar-refractivity contribution in [2.75, 3.05) is 18.0 Å². The number of ether oxygens (including phenoxy) is 1. The van der Waals surface area contributed by atoms with Crippen LogP contribution in [0.4, 0.5) is 10.1 Å². The number of carbonyl (C=O) groups is 1. The fraction of sp³-hybridized carbons (Fsp3) is 0.269. The zero-order valence-corrected chi connectivity index (χ0v) is 21.3. The van der Waals surface area contributed by atoms with Crippen LogP contribution in [0.5, 0.6) is 5.75 Å². The van der Waals surface area contributed by atoms with E-state index in [-0.39, 0.29) is 27.6 Å². The molecule has 186 valence electrons. The van der Waals surface area contributed by atoms with Crippen molar-refractivity contribution >= 4 is 33.2 Å². The standard InChI is InChI=1S/C26H28ClFN2O4S/c1-18(2)15-25(19-9-12-21(34-3)13-10-19)29-26(31)17-30(20-11-14-24(28)23(27)16-20)35(32,33)22-7-5-4-6-8-22/h4-14,16,18,25H,15,17H2,1-3H3,(H,29,31)/t25-/m0/s1. The summed E-state index contributed by atoms with van der Waals surface area (Å²) < 4.78 is 46.9. The molecule has 0 saturated carbocycles. The lowest BCUT2D eigenvalue weighted by atomic mass is 9.97. The summed E-state index contributed by atoms with van der Waals surface area (Å²) in [6.45, 7) is 3.56. The van der Waals surface area contributed by atoms with E-state index in [9.17, 15) is 17.6 Å². The van der Waals surface area contributed by atoms with Crippen molar-refractivity contribution in [2.24, 2.45) is 5.92 Å². The summed E-state index contributed by atoms with van der Waals surface area (Å²) in [5, 5.41) is 2.72. The van der Waals surface area contributed by atoms with Crippen molar-refractivity contribution < 1.29 is 22.3 Å². The van der Waals surface area contributed by atoms with Gasteiger partial charge in [-0.05, 0) is 60.4 Å². The molecule has 0 unspecified atom stereocenters. The second-order valence-corrected chi connectivity index (χ2v) is 10.7. The van der Waals surface area contributed by atoms with Crippen molar-refractivity contribution in [1.82, 2.24) is 5.32 Å². The Kier molecular flexibility index (Phi) is 8.75. The average molecular weight is 519 g/mol. The van der Waals surface area contributed by atoms with Gasteiger partial charge in [-0.15, -0.1) is 0 Å². The molecule has 9 heteroatoms. The minimum atomic E-state index is -4.14. The van der Waals surface area contributed by atoms with E-state index in [1.54, 1.807) is 25.3 Å². The fourth-order valence-electron chi connectivity index (χ4n) is 3.63. The van der Waals surface area contributed by atoms with Gasteiger partial charge in [0.05, 0.1) is 28.8 Å². The van der Waals surface area contributed by atoms with Crippen LogP contribution in [-0.2, 0) is 14.8 Å². The Morgan fingerprint density at radius 2 is 1.71 bits per heavy atom. The Bertz CT molecular complexity index is 1250. The molecule has 6 nitrogen and oxygen atoms in total. The number of benzene rings is 3. The molecular formula is C26H28ClFN2O4S. The summed E-state index contributed by atoms with van der Waals surface area (Å²) >= 11 is 5.93. The van der Waals surface area contributed by atoms with Crippen LogP contribution in [0.2, 0.25) is 5.02 Å². The van der Waals surface area contributed by atoms with E-state index in [2.05, 4.69) is 5.32 Å². The van der Waals surface area contributed by atoms with E-state index in [4.69, 9.17) is 16.3 Å². The summed E-state index contributed by atoms with van der Waals surface area (Å²) in [7, 11) is -2.56. The average Bonchev–Trinajstić information content (AvgIpc) is 2.84. The summed E-state index contributed by atoms with van der Waals surface area (Å²) in [5.41, 5.74) is 0.954. The van der Waals surface area contributed by atoms with E-state index >= 15 is 0 Å². The minimum absolute atomic E-state index is 0.00197. The molecule has 0 radical (unpaired) electrons. The van der Waals surface area contributed by atoms with Gasteiger partial charge in [0, 0.05) is 0 Å². The topological polar surface area (TPSA) is 75.7 Å². The third-order valence-electron chi connectivity index (χ3n) is 5.37. The molecular weight excluding hydrogens is 491 g/mol. The molecule has 1 N–H and O–H groups in total. The Balaban J connectivity index is 1.93. The number of carbonyl (C=O) groups excluding carboxylic acids is 1. The highest BCUT2D eigenvalue weighted by atomic mass is 35.5. The maximum Gasteiger partial charge on any atom is 0.264 e. The third kappa shape index (κ3) is 6.74. The van der Waals surface area contributed by atoms with Crippen molar-refractivity contribution in [3.8, 4) is 5.75 Å². The third-order valence-corrected chi connectivity index (χ3v) is 7.45. The van der Waals surface area contributed by atoms with E-state index in [0.717, 1.165) is 15.9 Å². The largest absolute Gasteiger partial charge is 0.497 e. The highest BCUT2D eigenvalue weighted by molar-refractivity contribution is 7.92. The molecule has 0 aliphatic carbocycles. The predicted molar refractivity (Wildman–Crippen MR) is 136 cm³/mol. The van der Waals surface area contributed by atoms with Gasteiger partial charge in [0.25, 0.3) is 10.0 Å². The molecule has 3 rings (SSSR count). The second kappa shape index (κ2) is 11.6. The van der Waals surface area contributed by atoms with Crippen LogP contribution in [0.25, 0.3) is 0 Å². The van der Waals surface area contributed by atoms with E-state index in [0.29, 0.717) is 12.2 Å². The Morgan fingerprint density at radius 1 is 1.06 bits per heavy atom. The van der Waals surface area contributed by atoms with E-state index < -0.39 is 28.3 Å². The molecule has 0 saturated heterocycles. The lowest BCUT2D eigenvalue weighted by Gasteiger charge is -2.27. The predicted octanol–water partition coefficient (Wildman–Crippen LogP) is 5.59. The molecule has 0 aliphatic rings. The number of hydrogen-bond acceptors (Lipinski definition) is 4. The molecule has 0 heterocycles. The zero-order chi connectivity index (χ0) is 25.6. The molecule has 3 aromatic rings. The number of amides is 1. The highest BCUT2D eigenvalue weighted by Crippen LogP contribution is 2.28. The van der Waals surface area contributed by atoms with Crippen LogP contribution >= 0.6 is 11.6 Å². The van der Waals surface area contributed by atoms with Crippen molar-refractivity contribution in [3.05, 3.63) is 89.2 Å². The maximum absolute atomic E-state index is 13.8. The van der Waals surface area contributed by atoms with Crippen LogP contribution in [0.3, 0.4) is 0 Å². The maximum atomic E-state index is 13.8. The molecule has 0 fully saturated rings. The van der Waals surface area contributed by atoms with Gasteiger partial charge in [0.1, 0.15) is 18.1 Å². The van der Waals surface area contributed by atoms with Gasteiger partial charge in [-0.3, -0.25) is 9.10 Å². The van der Waals surface area contributed by atoms with Gasteiger partial charge in [-0.25, -0.2) is 12.8 Å². The van der Waals surface area contributed by atoms with Gasteiger partial charge in [0.15, 0.2) is 0 Å². The first-order chi connectivity index (χ1) is 16.6. The SMILES string of the molecule is COc1ccc([C@H](CC(C)C)NC(=O)CN(c2ccc(F)c(Cl)c2)S(=O)(=O)c2ccccc2)cc1. The number of hydrogen-bond donors (Lipinski definition) is 1. The lowest BCUT2D eigenvalue weighted by molar-refractivity contribution is -0.120. The van der Waals surface area contributed by atoms with Crippen LogP contribution in [0.1, 0.15) is 31.9 Å². The number of sulfonamides is 1. The van der Waals surface area contributed by atoms with Gasteiger partial charge < -0.3 is 10.1 Å². The van der Waals surface area contributed by atoms with Crippen molar-refractivity contribution in [3.63, 3.8) is 0 Å². The van der Waals surface area contributed by atoms with Gasteiger partial charge in [0.2, 0.25) is 5.91 Å². The molecule has 0 bridgehead atoms. The lowest BCUT2D eigenvalue weighted by Crippen LogP contribution is -2.42. The summed E-state index contributed by atoms with van der Waals surface area (Å²) in [6, 6.07) is 18.3. The first kappa shape index (κ1) is 26.5. The monoisotopic (exact) mass is 518 g/mol. The quantitative estimate of drug-likeness (QED) is 0.380. The van der Waals surface area contributed by atoms with E-state index in [1.807, 2.05) is 38.1 Å². The minimum Gasteiger partial charge on any atom is -0.497 e. The smallest absolute Gasteiger partial charge is 0.264 e. The van der Waals surface area contributed by atoms with Crippen LogP contribution in [0, 0.1) is 11.7 Å². The number of nitrogens with one attached hydrogen (secondary N) is 1. The second-order valence-electron chi connectivity index (χ2n) is 8.45. The Labute approximate surface area is 210 Å². The van der Waals surface area contributed by atoms with Gasteiger partial charge in [-0.2, -0.15) is 0 Å². The first-order valence-electron chi connectivity index (χ1n) is 11.1. The zero-order valence-electron chi connectivity index (χ0n) is 19.7. The molecule has 3 aromatic carbocycles. The number of halogens is 2. The van der Waals surface area contributed by atoms with Crippen LogP contribution < -0.4 is 14.4 Å². The summed E-state index contributed by atoms with van der Waals surface area (Å²) in [6.07, 6.45) is 0.645. The molecule has 0 aromatic heterocycles. The van der Waals surface area contributed by atoms with E-state index in [1.165, 1.54) is 24.3 Å².